The summed E-state index contributed by atoms with van der Waals surface area (Å²) in [6.45, 7) is 5.51. The Hall–Kier alpha value is -0.840. The van der Waals surface area contributed by atoms with Crippen molar-refractivity contribution in [3.63, 3.8) is 0 Å². The Morgan fingerprint density at radius 1 is 1.53 bits per heavy atom. The van der Waals surface area contributed by atoms with Crippen molar-refractivity contribution < 1.29 is 4.79 Å². The monoisotopic (exact) mass is 270 g/mol. The molecule has 1 aliphatic heterocycles. The third kappa shape index (κ3) is 2.89. The molecule has 1 aliphatic rings. The minimum absolute atomic E-state index is 0.00332. The fraction of sp³-hybridized carbons (Fsp3) is 0.417. The first kappa shape index (κ1) is 12.6. The van der Waals surface area contributed by atoms with Crippen LogP contribution in [0.1, 0.15) is 24.8 Å². The Morgan fingerprint density at radius 3 is 2.71 bits per heavy atom. The number of thiophene rings is 1. The highest BCUT2D eigenvalue weighted by Crippen LogP contribution is 2.26. The Balaban J connectivity index is 1.99. The van der Waals surface area contributed by atoms with Gasteiger partial charge in [0, 0.05) is 23.5 Å². The average Bonchev–Trinajstić information content (AvgIpc) is 2.62. The molecule has 0 bridgehead atoms. The molecule has 17 heavy (non-hydrogen) atoms. The van der Waals surface area contributed by atoms with Gasteiger partial charge in [-0.2, -0.15) is 0 Å². The van der Waals surface area contributed by atoms with E-state index in [1.54, 1.807) is 0 Å². The molecule has 1 aromatic heterocycles. The average molecular weight is 271 g/mol. The van der Waals surface area contributed by atoms with Crippen LogP contribution in [0.5, 0.6) is 0 Å². The predicted octanol–water partition coefficient (Wildman–Crippen LogP) is 2.50. The van der Waals surface area contributed by atoms with Crippen molar-refractivity contribution >= 4 is 28.8 Å². The largest absolute Gasteiger partial charge is 0.345 e. The van der Waals surface area contributed by atoms with Crippen molar-refractivity contribution in [3.05, 3.63) is 32.5 Å². The third-order valence-electron chi connectivity index (χ3n) is 2.92. The van der Waals surface area contributed by atoms with Gasteiger partial charge >= 0.3 is 0 Å². The highest BCUT2D eigenvalue weighted by molar-refractivity contribution is 7.16. The quantitative estimate of drug-likeness (QED) is 0.829. The zero-order valence-corrected chi connectivity index (χ0v) is 11.4. The molecule has 0 aliphatic carbocycles. The second-order valence-electron chi connectivity index (χ2n) is 4.17. The Kier molecular flexibility index (Phi) is 3.86. The highest BCUT2D eigenvalue weighted by atomic mass is 35.5. The molecule has 0 aromatic carbocycles. The van der Waals surface area contributed by atoms with Crippen LogP contribution in [0.2, 0.25) is 4.34 Å². The zero-order valence-electron chi connectivity index (χ0n) is 9.84. The minimum Gasteiger partial charge on any atom is -0.345 e. The van der Waals surface area contributed by atoms with Crippen molar-refractivity contribution in [2.75, 3.05) is 13.1 Å². The van der Waals surface area contributed by atoms with E-state index in [1.165, 1.54) is 16.9 Å². The summed E-state index contributed by atoms with van der Waals surface area (Å²) >= 11 is 7.37. The number of nitrogens with one attached hydrogen (secondary N) is 2. The normalized spacial score (nSPS) is 16.3. The lowest BCUT2D eigenvalue weighted by molar-refractivity contribution is -0.118. The summed E-state index contributed by atoms with van der Waals surface area (Å²) < 4.78 is 0.749. The van der Waals surface area contributed by atoms with Crippen molar-refractivity contribution in [1.82, 2.24) is 10.6 Å². The van der Waals surface area contributed by atoms with Gasteiger partial charge in [-0.25, -0.2) is 0 Å². The number of hydrogen-bond acceptors (Lipinski definition) is 3. The van der Waals surface area contributed by atoms with Crippen molar-refractivity contribution in [2.45, 2.75) is 19.9 Å². The van der Waals surface area contributed by atoms with Gasteiger partial charge in [-0.1, -0.05) is 11.6 Å². The van der Waals surface area contributed by atoms with Gasteiger partial charge in [0.1, 0.15) is 0 Å². The second kappa shape index (κ2) is 5.21. The van der Waals surface area contributed by atoms with Crippen LogP contribution in [0.4, 0.5) is 0 Å². The molecule has 2 rings (SSSR count). The summed E-state index contributed by atoms with van der Waals surface area (Å²) in [6.07, 6.45) is 0. The minimum atomic E-state index is 0.00332. The molecule has 3 nitrogen and oxygen atoms in total. The number of carbonyl (C=O) groups excluding carboxylic acids is 1. The lowest BCUT2D eigenvalue weighted by atomic mass is 10.0. The first-order valence-corrected chi connectivity index (χ1v) is 6.73. The van der Waals surface area contributed by atoms with Gasteiger partial charge in [0.25, 0.3) is 0 Å². The molecule has 0 saturated carbocycles. The van der Waals surface area contributed by atoms with Crippen LogP contribution in [-0.2, 0) is 4.79 Å². The first-order chi connectivity index (χ1) is 8.08. The molecule has 1 unspecified atom stereocenters. The maximum atomic E-state index is 11.9. The predicted molar refractivity (Wildman–Crippen MR) is 71.5 cm³/mol. The van der Waals surface area contributed by atoms with E-state index in [1.807, 2.05) is 26.0 Å². The van der Waals surface area contributed by atoms with E-state index in [0.29, 0.717) is 0 Å². The summed E-state index contributed by atoms with van der Waals surface area (Å²) in [5, 5.41) is 6.12. The fourth-order valence-corrected chi connectivity index (χ4v) is 2.68. The van der Waals surface area contributed by atoms with Crippen LogP contribution in [-0.4, -0.2) is 19.0 Å². The van der Waals surface area contributed by atoms with E-state index >= 15 is 0 Å². The maximum Gasteiger partial charge on any atom is 0.247 e. The van der Waals surface area contributed by atoms with Crippen molar-refractivity contribution in [2.24, 2.45) is 0 Å². The van der Waals surface area contributed by atoms with E-state index in [4.69, 9.17) is 11.6 Å². The van der Waals surface area contributed by atoms with Crippen LogP contribution in [0.15, 0.2) is 23.3 Å². The zero-order chi connectivity index (χ0) is 12.4. The standard InChI is InChI=1S/C12H15ClN2OS/c1-7(9-5-14-6-9)12(16)15-8(2)10-3-4-11(13)17-10/h3-4,8,14H,5-6H2,1-2H3,(H,15,16). The van der Waals surface area contributed by atoms with E-state index in [9.17, 15) is 4.79 Å². The summed E-state index contributed by atoms with van der Waals surface area (Å²) in [5.74, 6) is 0.0125. The van der Waals surface area contributed by atoms with Gasteiger partial charge in [-0.15, -0.1) is 11.3 Å². The number of rotatable bonds is 3. The molecule has 1 saturated heterocycles. The Bertz CT molecular complexity index is 461. The highest BCUT2D eigenvalue weighted by Gasteiger charge is 2.18. The molecule has 1 amide bonds. The number of amides is 1. The second-order valence-corrected chi connectivity index (χ2v) is 5.92. The number of halogens is 1. The summed E-state index contributed by atoms with van der Waals surface area (Å²) in [5.41, 5.74) is 2.03. The van der Waals surface area contributed by atoms with Gasteiger partial charge in [-0.3, -0.25) is 4.79 Å². The van der Waals surface area contributed by atoms with E-state index in [-0.39, 0.29) is 11.9 Å². The molecular formula is C12H15ClN2OS. The third-order valence-corrected chi connectivity index (χ3v) is 4.33. The van der Waals surface area contributed by atoms with Crippen LogP contribution in [0.25, 0.3) is 0 Å². The molecule has 92 valence electrons. The van der Waals surface area contributed by atoms with Gasteiger partial charge < -0.3 is 10.6 Å². The molecule has 1 fully saturated rings. The van der Waals surface area contributed by atoms with E-state index in [0.717, 1.165) is 27.9 Å². The summed E-state index contributed by atoms with van der Waals surface area (Å²) in [6, 6.07) is 3.81. The van der Waals surface area contributed by atoms with Crippen LogP contribution >= 0.6 is 22.9 Å². The fourth-order valence-electron chi connectivity index (χ4n) is 1.61. The molecule has 0 radical (unpaired) electrons. The molecule has 0 spiro atoms. The molecular weight excluding hydrogens is 256 g/mol. The molecule has 1 atom stereocenters. The summed E-state index contributed by atoms with van der Waals surface area (Å²) in [7, 11) is 0. The van der Waals surface area contributed by atoms with Gasteiger partial charge in [0.15, 0.2) is 0 Å². The van der Waals surface area contributed by atoms with E-state index < -0.39 is 0 Å². The van der Waals surface area contributed by atoms with Crippen molar-refractivity contribution in [1.29, 1.82) is 0 Å². The molecule has 2 N–H and O–H groups in total. The van der Waals surface area contributed by atoms with Crippen molar-refractivity contribution in [3.8, 4) is 0 Å². The van der Waals surface area contributed by atoms with Gasteiger partial charge in [0.05, 0.1) is 10.4 Å². The van der Waals surface area contributed by atoms with E-state index in [2.05, 4.69) is 10.6 Å². The molecule has 5 heteroatoms. The van der Waals surface area contributed by atoms with Gasteiger partial charge in [0.2, 0.25) is 5.91 Å². The molecule has 1 aromatic rings. The smallest absolute Gasteiger partial charge is 0.247 e. The Labute approximate surface area is 110 Å². The van der Waals surface area contributed by atoms with Crippen LogP contribution in [0, 0.1) is 0 Å². The van der Waals surface area contributed by atoms with Crippen LogP contribution < -0.4 is 10.6 Å². The lowest BCUT2D eigenvalue weighted by Crippen LogP contribution is -2.38. The Morgan fingerprint density at radius 2 is 2.24 bits per heavy atom. The first-order valence-electron chi connectivity index (χ1n) is 5.53. The number of hydrogen-bond donors (Lipinski definition) is 2. The summed E-state index contributed by atoms with van der Waals surface area (Å²) in [4.78, 5) is 13.0. The van der Waals surface area contributed by atoms with Gasteiger partial charge in [-0.05, 0) is 31.6 Å². The SMILES string of the molecule is CC(C(=O)NC(C)c1ccc(Cl)s1)=C1CNC1. The molecule has 2 heterocycles. The topological polar surface area (TPSA) is 41.1 Å². The van der Waals surface area contributed by atoms with Crippen LogP contribution in [0.3, 0.4) is 0 Å². The maximum absolute atomic E-state index is 11.9. The lowest BCUT2D eigenvalue weighted by Gasteiger charge is -2.22. The number of carbonyl (C=O) groups is 1.